The van der Waals surface area contributed by atoms with Gasteiger partial charge in [-0.15, -0.1) is 0 Å². The number of ether oxygens (including phenoxy) is 1. The summed E-state index contributed by atoms with van der Waals surface area (Å²) in [5.74, 6) is -1.61. The molecular formula is C38H39FN6O5. The third-order valence-corrected chi connectivity index (χ3v) is 9.18. The number of anilines is 1. The van der Waals surface area contributed by atoms with Crippen LogP contribution < -0.4 is 21.7 Å². The molecule has 0 fully saturated rings. The lowest BCUT2D eigenvalue weighted by molar-refractivity contribution is -0.110. The van der Waals surface area contributed by atoms with Gasteiger partial charge in [-0.3, -0.25) is 14.4 Å². The highest BCUT2D eigenvalue weighted by Crippen LogP contribution is 2.45. The van der Waals surface area contributed by atoms with Gasteiger partial charge >= 0.3 is 6.09 Å². The Kier molecular flexibility index (Phi) is 9.82. The minimum atomic E-state index is -0.515. The van der Waals surface area contributed by atoms with Crippen molar-refractivity contribution in [2.24, 2.45) is 5.73 Å². The predicted octanol–water partition coefficient (Wildman–Crippen LogP) is 4.95. The van der Waals surface area contributed by atoms with E-state index in [9.17, 15) is 23.6 Å². The zero-order valence-corrected chi connectivity index (χ0v) is 28.1. The number of nitrogens with one attached hydrogen (secondary N) is 4. The first kappa shape index (κ1) is 34.1. The van der Waals surface area contributed by atoms with Crippen molar-refractivity contribution >= 4 is 41.2 Å². The number of aromatic amines is 1. The summed E-state index contributed by atoms with van der Waals surface area (Å²) < 4.78 is 19.8. The number of aromatic nitrogens is 1. The zero-order valence-electron chi connectivity index (χ0n) is 28.1. The van der Waals surface area contributed by atoms with Crippen LogP contribution in [0.15, 0.2) is 60.7 Å². The van der Waals surface area contributed by atoms with Crippen LogP contribution in [0.5, 0.6) is 0 Å². The second-order valence-electron chi connectivity index (χ2n) is 12.3. The average Bonchev–Trinajstić information content (AvgIpc) is 3.70. The quantitative estimate of drug-likeness (QED) is 0.141. The molecule has 4 amide bonds. The van der Waals surface area contributed by atoms with Crippen LogP contribution in [0.25, 0.3) is 22.8 Å². The van der Waals surface area contributed by atoms with E-state index in [4.69, 9.17) is 10.5 Å². The van der Waals surface area contributed by atoms with Gasteiger partial charge in [-0.2, -0.15) is 0 Å². The van der Waals surface area contributed by atoms with Crippen LogP contribution in [0, 0.1) is 19.7 Å². The van der Waals surface area contributed by atoms with Crippen LogP contribution in [-0.4, -0.2) is 73.0 Å². The Morgan fingerprint density at radius 1 is 0.960 bits per heavy atom. The molecule has 12 heteroatoms. The maximum atomic E-state index is 13.9. The summed E-state index contributed by atoms with van der Waals surface area (Å²) in [5, 5.41) is 8.42. The van der Waals surface area contributed by atoms with Gasteiger partial charge in [0.1, 0.15) is 12.4 Å². The van der Waals surface area contributed by atoms with Crippen molar-refractivity contribution in [3.63, 3.8) is 0 Å². The van der Waals surface area contributed by atoms with Crippen molar-refractivity contribution in [3.05, 3.63) is 111 Å². The number of halogens is 1. The summed E-state index contributed by atoms with van der Waals surface area (Å²) in [6, 6.07) is 17.6. The van der Waals surface area contributed by atoms with Crippen molar-refractivity contribution < 1.29 is 28.3 Å². The number of fused-ring (bicyclic) bond motifs is 4. The van der Waals surface area contributed by atoms with E-state index in [-0.39, 0.29) is 43.3 Å². The SMILES string of the molecule is CCN(CCNC(=O)c1c(C)[nH]c(C=C2C(=O)Nc3ccc(F)cc32)c1C)C(=O)OCC1c2ccccc2-c2ccc(C(=O)NCCN)cc21. The number of hydrogen-bond acceptors (Lipinski definition) is 6. The summed E-state index contributed by atoms with van der Waals surface area (Å²) in [4.78, 5) is 56.5. The summed E-state index contributed by atoms with van der Waals surface area (Å²) >= 11 is 0. The molecule has 0 saturated heterocycles. The molecule has 258 valence electrons. The molecule has 1 atom stereocenters. The Balaban J connectivity index is 1.09. The second-order valence-corrected chi connectivity index (χ2v) is 12.3. The lowest BCUT2D eigenvalue weighted by Crippen LogP contribution is -2.39. The highest BCUT2D eigenvalue weighted by atomic mass is 19.1. The monoisotopic (exact) mass is 678 g/mol. The van der Waals surface area contributed by atoms with Gasteiger partial charge in [0.2, 0.25) is 0 Å². The van der Waals surface area contributed by atoms with Crippen molar-refractivity contribution in [1.82, 2.24) is 20.5 Å². The number of carbonyl (C=O) groups is 4. The molecule has 0 spiro atoms. The van der Waals surface area contributed by atoms with E-state index in [0.717, 1.165) is 22.3 Å². The van der Waals surface area contributed by atoms with Gasteiger partial charge in [0.05, 0.1) is 11.1 Å². The van der Waals surface area contributed by atoms with E-state index in [0.29, 0.717) is 64.5 Å². The molecule has 1 aliphatic heterocycles. The van der Waals surface area contributed by atoms with Gasteiger partial charge in [0, 0.05) is 66.8 Å². The molecule has 4 aromatic rings. The van der Waals surface area contributed by atoms with E-state index < -0.39 is 11.9 Å². The van der Waals surface area contributed by atoms with Crippen LogP contribution in [-0.2, 0) is 9.53 Å². The van der Waals surface area contributed by atoms with E-state index in [2.05, 4.69) is 20.9 Å². The van der Waals surface area contributed by atoms with E-state index in [1.807, 2.05) is 43.3 Å². The minimum absolute atomic E-state index is 0.0781. The molecular weight excluding hydrogens is 639 g/mol. The van der Waals surface area contributed by atoms with Gasteiger partial charge < -0.3 is 36.3 Å². The van der Waals surface area contributed by atoms with Crippen molar-refractivity contribution in [2.45, 2.75) is 26.7 Å². The van der Waals surface area contributed by atoms with Gasteiger partial charge in [0.25, 0.3) is 17.7 Å². The molecule has 6 rings (SSSR count). The highest BCUT2D eigenvalue weighted by molar-refractivity contribution is 6.35. The molecule has 11 nitrogen and oxygen atoms in total. The molecule has 0 radical (unpaired) electrons. The summed E-state index contributed by atoms with van der Waals surface area (Å²) in [6.07, 6.45) is 1.10. The van der Waals surface area contributed by atoms with Crippen molar-refractivity contribution in [2.75, 3.05) is 44.6 Å². The Morgan fingerprint density at radius 3 is 2.50 bits per heavy atom. The number of hydrogen-bond donors (Lipinski definition) is 5. The van der Waals surface area contributed by atoms with Crippen LogP contribution in [0.3, 0.4) is 0 Å². The zero-order chi connectivity index (χ0) is 35.5. The van der Waals surface area contributed by atoms with Gasteiger partial charge in [0.15, 0.2) is 0 Å². The van der Waals surface area contributed by atoms with E-state index in [1.54, 1.807) is 26.0 Å². The number of likely N-dealkylation sites (N-methyl/N-ethyl adjacent to an activating group) is 1. The third kappa shape index (κ3) is 6.61. The summed E-state index contributed by atoms with van der Waals surface area (Å²) in [7, 11) is 0. The largest absolute Gasteiger partial charge is 0.448 e. The fourth-order valence-electron chi connectivity index (χ4n) is 6.64. The third-order valence-electron chi connectivity index (χ3n) is 9.18. The number of aryl methyl sites for hydroxylation is 1. The number of benzene rings is 3. The van der Waals surface area contributed by atoms with Gasteiger partial charge in [-0.25, -0.2) is 9.18 Å². The molecule has 3 aromatic carbocycles. The highest BCUT2D eigenvalue weighted by Gasteiger charge is 2.31. The Bertz CT molecular complexity index is 2040. The molecule has 1 aromatic heterocycles. The van der Waals surface area contributed by atoms with Crippen molar-refractivity contribution in [3.8, 4) is 11.1 Å². The first-order valence-electron chi connectivity index (χ1n) is 16.5. The minimum Gasteiger partial charge on any atom is -0.448 e. The molecule has 6 N–H and O–H groups in total. The smallest absolute Gasteiger partial charge is 0.409 e. The predicted molar refractivity (Wildman–Crippen MR) is 189 cm³/mol. The number of H-pyrrole nitrogens is 1. The molecule has 2 aliphatic rings. The number of nitrogens with zero attached hydrogens (tertiary/aromatic N) is 1. The number of carbonyl (C=O) groups excluding carboxylic acids is 4. The van der Waals surface area contributed by atoms with Crippen LogP contribution in [0.4, 0.5) is 14.9 Å². The molecule has 1 aliphatic carbocycles. The molecule has 50 heavy (non-hydrogen) atoms. The fourth-order valence-corrected chi connectivity index (χ4v) is 6.64. The van der Waals surface area contributed by atoms with Crippen LogP contribution >= 0.6 is 0 Å². The second kappa shape index (κ2) is 14.4. The number of rotatable bonds is 11. The maximum Gasteiger partial charge on any atom is 0.409 e. The Labute approximate surface area is 289 Å². The Morgan fingerprint density at radius 2 is 1.72 bits per heavy atom. The van der Waals surface area contributed by atoms with Crippen LogP contribution in [0.1, 0.15) is 67.2 Å². The lowest BCUT2D eigenvalue weighted by atomic mass is 9.96. The van der Waals surface area contributed by atoms with Crippen molar-refractivity contribution in [1.29, 1.82) is 0 Å². The fraction of sp³-hybridized carbons (Fsp3) is 0.263. The maximum absolute atomic E-state index is 13.9. The first-order valence-corrected chi connectivity index (χ1v) is 16.5. The standard InChI is InChI=1S/C38H39FN6O5/c1-4-45(38(49)50-20-31-26-8-6-5-7-25(26)27-11-9-23(17-28(27)31)35(46)41-14-13-40)16-15-42-37(48)34-21(2)33(43-22(34)3)19-30-29-18-24(39)10-12-32(29)44-36(30)47/h5-12,17-19,31,43H,4,13-16,20,40H2,1-3H3,(H,41,46)(H,42,48)(H,44,47). The molecule has 2 heterocycles. The molecule has 1 unspecified atom stereocenters. The van der Waals surface area contributed by atoms with Gasteiger partial charge in [-0.1, -0.05) is 30.3 Å². The van der Waals surface area contributed by atoms with Gasteiger partial charge in [-0.05, 0) is 85.0 Å². The first-order chi connectivity index (χ1) is 24.1. The van der Waals surface area contributed by atoms with Crippen LogP contribution in [0.2, 0.25) is 0 Å². The molecule has 0 saturated carbocycles. The number of amides is 4. The average molecular weight is 679 g/mol. The molecule has 0 bridgehead atoms. The number of nitrogens with two attached hydrogens (primary N) is 1. The normalized spacial score (nSPS) is 14.9. The summed E-state index contributed by atoms with van der Waals surface area (Å²) in [5.41, 5.74) is 13.5. The van der Waals surface area contributed by atoms with E-state index in [1.165, 1.54) is 23.1 Å². The Hall–Kier alpha value is -5.75. The topological polar surface area (TPSA) is 159 Å². The lowest BCUT2D eigenvalue weighted by Gasteiger charge is -2.22. The summed E-state index contributed by atoms with van der Waals surface area (Å²) in [6.45, 7) is 6.90. The van der Waals surface area contributed by atoms with E-state index >= 15 is 0 Å².